The van der Waals surface area contributed by atoms with Crippen molar-refractivity contribution in [1.82, 2.24) is 24.6 Å². The summed E-state index contributed by atoms with van der Waals surface area (Å²) in [6, 6.07) is 11.5. The molecule has 1 N–H and O–H groups in total. The molecular formula is C22H18Cl2FN5O2. The summed E-state index contributed by atoms with van der Waals surface area (Å²) >= 11 is 11.9. The van der Waals surface area contributed by atoms with Crippen LogP contribution in [0.3, 0.4) is 0 Å². The zero-order valence-corrected chi connectivity index (χ0v) is 18.3. The molecule has 7 nitrogen and oxygen atoms in total. The number of fused-ring (bicyclic) bond motifs is 1. The van der Waals surface area contributed by atoms with E-state index in [2.05, 4.69) is 15.4 Å². The monoisotopic (exact) mass is 473 g/mol. The molecule has 10 heteroatoms. The molecule has 4 rings (SSSR count). The highest BCUT2D eigenvalue weighted by molar-refractivity contribution is 6.31. The van der Waals surface area contributed by atoms with Crippen LogP contribution in [0.25, 0.3) is 11.0 Å². The van der Waals surface area contributed by atoms with Gasteiger partial charge in [-0.1, -0.05) is 41.4 Å². The zero-order valence-electron chi connectivity index (χ0n) is 16.8. The summed E-state index contributed by atoms with van der Waals surface area (Å²) in [5, 5.41) is 8.13. The molecule has 2 heterocycles. The number of rotatable bonds is 7. The van der Waals surface area contributed by atoms with Crippen molar-refractivity contribution in [3.63, 3.8) is 0 Å². The highest BCUT2D eigenvalue weighted by Crippen LogP contribution is 2.19. The molecule has 0 unspecified atom stereocenters. The number of halogens is 3. The normalized spacial score (nSPS) is 11.1. The van der Waals surface area contributed by atoms with Crippen molar-refractivity contribution < 1.29 is 9.18 Å². The summed E-state index contributed by atoms with van der Waals surface area (Å²) in [5.41, 5.74) is 1.28. The number of hydrogen-bond acceptors (Lipinski definition) is 4. The third-order valence-corrected chi connectivity index (χ3v) is 5.54. The Morgan fingerprint density at radius 2 is 1.91 bits per heavy atom. The van der Waals surface area contributed by atoms with Crippen molar-refractivity contribution in [2.75, 3.05) is 6.54 Å². The lowest BCUT2D eigenvalue weighted by atomic mass is 10.1. The van der Waals surface area contributed by atoms with Crippen LogP contribution in [0.4, 0.5) is 4.39 Å². The molecule has 4 aromatic rings. The summed E-state index contributed by atoms with van der Waals surface area (Å²) in [5.74, 6) is -0.892. The molecule has 0 aliphatic carbocycles. The van der Waals surface area contributed by atoms with Crippen molar-refractivity contribution in [3.05, 3.63) is 92.3 Å². The molecule has 2 aromatic heterocycles. The Morgan fingerprint density at radius 1 is 1.12 bits per heavy atom. The minimum Gasteiger partial charge on any atom is -0.354 e. The summed E-state index contributed by atoms with van der Waals surface area (Å²) in [6.45, 7) is 0.893. The van der Waals surface area contributed by atoms with Gasteiger partial charge in [-0.3, -0.25) is 14.2 Å². The van der Waals surface area contributed by atoms with E-state index in [4.69, 9.17) is 23.2 Å². The predicted molar refractivity (Wildman–Crippen MR) is 120 cm³/mol. The van der Waals surface area contributed by atoms with Gasteiger partial charge in [0.1, 0.15) is 17.5 Å². The van der Waals surface area contributed by atoms with Gasteiger partial charge in [-0.05, 0) is 29.8 Å². The molecule has 0 spiro atoms. The van der Waals surface area contributed by atoms with Crippen molar-refractivity contribution >= 4 is 40.1 Å². The second kappa shape index (κ2) is 9.50. The van der Waals surface area contributed by atoms with E-state index in [1.807, 2.05) is 12.1 Å². The standard InChI is InChI=1S/C22H18Cl2FN5O2/c23-15-6-4-14(5-7-15)12-29-13-27-21-17(22(29)32)11-28-30(21)9-8-26-20(31)10-16-18(24)2-1-3-19(16)25/h1-7,11,13H,8-10,12H2,(H,26,31). The Bertz CT molecular complexity index is 1310. The van der Waals surface area contributed by atoms with E-state index < -0.39 is 5.82 Å². The van der Waals surface area contributed by atoms with E-state index in [0.29, 0.717) is 29.1 Å². The van der Waals surface area contributed by atoms with E-state index in [1.165, 1.54) is 35.3 Å². The number of benzene rings is 2. The van der Waals surface area contributed by atoms with Gasteiger partial charge in [-0.15, -0.1) is 0 Å². The van der Waals surface area contributed by atoms with E-state index in [9.17, 15) is 14.0 Å². The SMILES string of the molecule is O=C(Cc1c(F)cccc1Cl)NCCn1ncc2c(=O)n(Cc3ccc(Cl)cc3)cnc21. The van der Waals surface area contributed by atoms with Gasteiger partial charge in [0.15, 0.2) is 5.65 Å². The maximum atomic E-state index is 13.8. The van der Waals surface area contributed by atoms with Crippen molar-refractivity contribution in [2.24, 2.45) is 0 Å². The quantitative estimate of drug-likeness (QED) is 0.445. The first-order chi connectivity index (χ1) is 15.4. The largest absolute Gasteiger partial charge is 0.354 e. The Balaban J connectivity index is 1.41. The first-order valence-corrected chi connectivity index (χ1v) is 10.5. The molecule has 0 saturated carbocycles. The average Bonchev–Trinajstić information content (AvgIpc) is 3.18. The fraction of sp³-hybridized carbons (Fsp3) is 0.182. The second-order valence-corrected chi connectivity index (χ2v) is 7.98. The van der Waals surface area contributed by atoms with Crippen molar-refractivity contribution in [2.45, 2.75) is 19.5 Å². The van der Waals surface area contributed by atoms with Crippen LogP contribution < -0.4 is 10.9 Å². The smallest absolute Gasteiger partial charge is 0.264 e. The van der Waals surface area contributed by atoms with Gasteiger partial charge in [0.05, 0.1) is 25.7 Å². The van der Waals surface area contributed by atoms with Crippen LogP contribution in [0, 0.1) is 5.82 Å². The lowest BCUT2D eigenvalue weighted by Crippen LogP contribution is -2.29. The summed E-state index contributed by atoms with van der Waals surface area (Å²) < 4.78 is 16.9. The first kappa shape index (κ1) is 22.0. The maximum Gasteiger partial charge on any atom is 0.264 e. The molecule has 0 aliphatic heterocycles. The molecule has 0 bridgehead atoms. The van der Waals surface area contributed by atoms with Crippen LogP contribution in [0.2, 0.25) is 10.0 Å². The third-order valence-electron chi connectivity index (χ3n) is 4.93. The maximum absolute atomic E-state index is 13.8. The van der Waals surface area contributed by atoms with Gasteiger partial charge in [0, 0.05) is 22.2 Å². The highest BCUT2D eigenvalue weighted by atomic mass is 35.5. The van der Waals surface area contributed by atoms with Crippen molar-refractivity contribution in [3.8, 4) is 0 Å². The first-order valence-electron chi connectivity index (χ1n) is 9.77. The van der Waals surface area contributed by atoms with Crippen LogP contribution in [0.15, 0.2) is 59.8 Å². The molecule has 0 fully saturated rings. The van der Waals surface area contributed by atoms with Gasteiger partial charge in [0.25, 0.3) is 5.56 Å². The number of amides is 1. The predicted octanol–water partition coefficient (Wildman–Crippen LogP) is 3.45. The lowest BCUT2D eigenvalue weighted by Gasteiger charge is -2.09. The highest BCUT2D eigenvalue weighted by Gasteiger charge is 2.13. The summed E-state index contributed by atoms with van der Waals surface area (Å²) in [6.07, 6.45) is 2.76. The Kier molecular flexibility index (Phi) is 6.53. The Morgan fingerprint density at radius 3 is 2.66 bits per heavy atom. The van der Waals surface area contributed by atoms with Gasteiger partial charge in [-0.2, -0.15) is 5.10 Å². The van der Waals surface area contributed by atoms with Crippen LogP contribution in [0.1, 0.15) is 11.1 Å². The molecule has 0 saturated heterocycles. The minimum absolute atomic E-state index is 0.152. The molecule has 2 aromatic carbocycles. The number of hydrogen-bond donors (Lipinski definition) is 1. The molecule has 0 aliphatic rings. The fourth-order valence-electron chi connectivity index (χ4n) is 3.29. The third kappa shape index (κ3) is 4.81. The van der Waals surface area contributed by atoms with Gasteiger partial charge in [0.2, 0.25) is 5.91 Å². The summed E-state index contributed by atoms with van der Waals surface area (Å²) in [4.78, 5) is 29.3. The molecule has 0 radical (unpaired) electrons. The lowest BCUT2D eigenvalue weighted by molar-refractivity contribution is -0.120. The Labute approximate surface area is 192 Å². The second-order valence-electron chi connectivity index (χ2n) is 7.14. The zero-order chi connectivity index (χ0) is 22.7. The molecule has 0 atom stereocenters. The van der Waals surface area contributed by atoms with Gasteiger partial charge in [-0.25, -0.2) is 14.1 Å². The summed E-state index contributed by atoms with van der Waals surface area (Å²) in [7, 11) is 0. The number of aromatic nitrogens is 4. The topological polar surface area (TPSA) is 81.8 Å². The Hall–Kier alpha value is -3.23. The van der Waals surface area contributed by atoms with Gasteiger partial charge >= 0.3 is 0 Å². The van der Waals surface area contributed by atoms with E-state index in [1.54, 1.807) is 16.8 Å². The number of nitrogens with zero attached hydrogens (tertiary/aromatic N) is 4. The van der Waals surface area contributed by atoms with Crippen LogP contribution in [-0.4, -0.2) is 31.8 Å². The van der Waals surface area contributed by atoms with Crippen LogP contribution in [0.5, 0.6) is 0 Å². The average molecular weight is 474 g/mol. The van der Waals surface area contributed by atoms with Crippen LogP contribution >= 0.6 is 23.2 Å². The number of carbonyl (C=O) groups is 1. The van der Waals surface area contributed by atoms with E-state index >= 15 is 0 Å². The number of carbonyl (C=O) groups excluding carboxylic acids is 1. The minimum atomic E-state index is -0.523. The molecular weight excluding hydrogens is 456 g/mol. The number of nitrogens with one attached hydrogen (secondary N) is 1. The van der Waals surface area contributed by atoms with Gasteiger partial charge < -0.3 is 5.32 Å². The van der Waals surface area contributed by atoms with Crippen molar-refractivity contribution in [1.29, 1.82) is 0 Å². The molecule has 164 valence electrons. The van der Waals surface area contributed by atoms with E-state index in [-0.39, 0.29) is 35.0 Å². The molecule has 1 amide bonds. The molecule has 32 heavy (non-hydrogen) atoms. The van der Waals surface area contributed by atoms with E-state index in [0.717, 1.165) is 5.56 Å². The fourth-order valence-corrected chi connectivity index (χ4v) is 3.64. The van der Waals surface area contributed by atoms with Crippen LogP contribution in [-0.2, 0) is 24.3 Å².